The molecule has 52 valence electrons. The van der Waals surface area contributed by atoms with E-state index >= 15 is 0 Å². The van der Waals surface area contributed by atoms with Crippen LogP contribution in [0.15, 0.2) is 0 Å². The Morgan fingerprint density at radius 2 is 1.50 bits per heavy atom. The van der Waals surface area contributed by atoms with Gasteiger partial charge in [-0.3, -0.25) is 0 Å². The van der Waals surface area contributed by atoms with Gasteiger partial charge in [0.15, 0.2) is 0 Å². The Balaban J connectivity index is 3.94. The van der Waals surface area contributed by atoms with Crippen molar-refractivity contribution < 1.29 is 19.1 Å². The molecule has 4 nitrogen and oxygen atoms in total. The van der Waals surface area contributed by atoms with Crippen LogP contribution < -0.4 is 0 Å². The standard InChI is InChI=1S/C5H7O4.Li/c1-8-4(6)3-5(7)9-2;/h3H,1-2H3;. The van der Waals surface area contributed by atoms with Gasteiger partial charge in [-0.25, -0.2) is 0 Å². The molecule has 0 heterocycles. The van der Waals surface area contributed by atoms with E-state index in [0.29, 0.717) is 0 Å². The fraction of sp³-hybridized carbons (Fsp3) is 0.600. The average Bonchev–Trinajstić information content (AvgIpc) is 2.00. The quantitative estimate of drug-likeness (QED) is 0.287. The maximum absolute atomic E-state index is 10.6. The van der Waals surface area contributed by atoms with Crippen LogP contribution in [-0.2, 0) is 19.1 Å². The van der Waals surface area contributed by atoms with Crippen molar-refractivity contribution in [1.82, 2.24) is 0 Å². The van der Waals surface area contributed by atoms with Crippen LogP contribution >= 0.6 is 0 Å². The molecule has 0 radical (unpaired) electrons. The molecule has 0 N–H and O–H groups in total. The van der Waals surface area contributed by atoms with Gasteiger partial charge in [-0.15, -0.1) is 0 Å². The van der Waals surface area contributed by atoms with E-state index in [1.54, 1.807) is 0 Å². The molecule has 0 saturated heterocycles. The second kappa shape index (κ2) is 4.37. The van der Waals surface area contributed by atoms with Crippen LogP contribution in [0.25, 0.3) is 0 Å². The molecular formula is C5H7LiO4. The molecule has 0 rings (SSSR count). The van der Waals surface area contributed by atoms with E-state index in [1.807, 2.05) is 0 Å². The molecule has 0 saturated carbocycles. The Hall–Kier alpha value is -0.463. The molecule has 0 aromatic rings. The van der Waals surface area contributed by atoms with E-state index in [0.717, 1.165) is 0 Å². The van der Waals surface area contributed by atoms with Crippen molar-refractivity contribution >= 4 is 29.7 Å². The molecule has 0 aliphatic rings. The molecule has 0 aromatic carbocycles. The summed E-state index contributed by atoms with van der Waals surface area (Å²) in [6.45, 7) is 0. The van der Waals surface area contributed by atoms with Crippen molar-refractivity contribution in [2.24, 2.45) is 0 Å². The summed E-state index contributed by atoms with van der Waals surface area (Å²) in [6.07, 6.45) is 0. The third-order valence-corrected chi connectivity index (χ3v) is 1.11. The first-order valence-electron chi connectivity index (χ1n) is 2.79. The topological polar surface area (TPSA) is 52.6 Å². The van der Waals surface area contributed by atoms with Crippen LogP contribution in [0, 0.1) is 0 Å². The number of rotatable bonds is 2. The predicted octanol–water partition coefficient (Wildman–Crippen LogP) is -0.711. The number of esters is 2. The predicted molar refractivity (Wildman–Crippen MR) is 33.5 cm³/mol. The number of methoxy groups -OCH3 is 2. The van der Waals surface area contributed by atoms with Crippen LogP contribution in [0.3, 0.4) is 0 Å². The second-order valence-electron chi connectivity index (χ2n) is 1.77. The van der Waals surface area contributed by atoms with Crippen molar-refractivity contribution in [2.75, 3.05) is 14.2 Å². The normalized spacial score (nSPS) is 9.30. The first-order valence-corrected chi connectivity index (χ1v) is 2.79. The van der Waals surface area contributed by atoms with Crippen LogP contribution in [-0.4, -0.2) is 43.9 Å². The van der Waals surface area contributed by atoms with Gasteiger partial charge in [-0.1, -0.05) is 0 Å². The molecule has 0 aliphatic carbocycles. The van der Waals surface area contributed by atoms with Gasteiger partial charge in [0.05, 0.1) is 0 Å². The third-order valence-electron chi connectivity index (χ3n) is 1.11. The summed E-state index contributed by atoms with van der Waals surface area (Å²) in [4.78, 5) is 21.2. The molecule has 0 spiro atoms. The molecule has 0 fully saturated rings. The van der Waals surface area contributed by atoms with E-state index in [9.17, 15) is 9.59 Å². The molecule has 10 heavy (non-hydrogen) atoms. The molecule has 0 unspecified atom stereocenters. The van der Waals surface area contributed by atoms with Gasteiger partial charge in [-0.2, -0.15) is 0 Å². The van der Waals surface area contributed by atoms with E-state index in [1.165, 1.54) is 31.9 Å². The third kappa shape index (κ3) is 2.42. The summed E-state index contributed by atoms with van der Waals surface area (Å²) in [6, 6.07) is 0. The van der Waals surface area contributed by atoms with Crippen molar-refractivity contribution in [3.8, 4) is 0 Å². The molecule has 0 amide bonds. The number of hydrogen-bond acceptors (Lipinski definition) is 4. The summed E-state index contributed by atoms with van der Waals surface area (Å²) in [5.74, 6) is -1.15. The van der Waals surface area contributed by atoms with Crippen molar-refractivity contribution in [3.05, 3.63) is 0 Å². The van der Waals surface area contributed by atoms with Crippen LogP contribution in [0.4, 0.5) is 0 Å². The van der Waals surface area contributed by atoms with Crippen LogP contribution in [0.2, 0.25) is 4.59 Å². The number of ether oxygens (including phenoxy) is 2. The summed E-state index contributed by atoms with van der Waals surface area (Å²) < 4.78 is 7.77. The molecule has 0 aliphatic heterocycles. The van der Waals surface area contributed by atoms with Gasteiger partial charge in [0, 0.05) is 0 Å². The van der Waals surface area contributed by atoms with Crippen molar-refractivity contribution in [1.29, 1.82) is 0 Å². The van der Waals surface area contributed by atoms with Crippen LogP contribution in [0.5, 0.6) is 0 Å². The Kier molecular flexibility index (Phi) is 4.17. The molecule has 0 atom stereocenters. The number of carbonyl (C=O) groups is 2. The average molecular weight is 138 g/mol. The van der Waals surface area contributed by atoms with Gasteiger partial charge in [-0.05, 0) is 0 Å². The van der Waals surface area contributed by atoms with Crippen LogP contribution in [0.1, 0.15) is 0 Å². The Morgan fingerprint density at radius 1 is 1.20 bits per heavy atom. The minimum absolute atomic E-state index is 0.577. The van der Waals surface area contributed by atoms with E-state index < -0.39 is 16.5 Å². The number of carbonyl (C=O) groups excluding carboxylic acids is 2. The molecule has 5 heteroatoms. The van der Waals surface area contributed by atoms with Gasteiger partial charge in [0.2, 0.25) is 0 Å². The zero-order chi connectivity index (χ0) is 8.15. The molecule has 0 aromatic heterocycles. The van der Waals surface area contributed by atoms with Gasteiger partial charge in [0.25, 0.3) is 0 Å². The first kappa shape index (κ1) is 9.54. The number of hydrogen-bond donors (Lipinski definition) is 0. The Morgan fingerprint density at radius 3 is 1.70 bits per heavy atom. The summed E-state index contributed by atoms with van der Waals surface area (Å²) in [7, 11) is 2.45. The van der Waals surface area contributed by atoms with Gasteiger partial charge in [0.1, 0.15) is 0 Å². The fourth-order valence-electron chi connectivity index (χ4n) is 0.450. The monoisotopic (exact) mass is 138 g/mol. The molecular weight excluding hydrogens is 131 g/mol. The fourth-order valence-corrected chi connectivity index (χ4v) is 0.450. The van der Waals surface area contributed by atoms with E-state index in [-0.39, 0.29) is 0 Å². The Labute approximate surface area is 68.1 Å². The second-order valence-corrected chi connectivity index (χ2v) is 1.77. The minimum atomic E-state index is -0.824. The van der Waals surface area contributed by atoms with Crippen molar-refractivity contribution in [2.45, 2.75) is 4.59 Å². The summed E-state index contributed by atoms with van der Waals surface area (Å²) >= 11 is 1.43. The summed E-state index contributed by atoms with van der Waals surface area (Å²) in [5, 5.41) is 0. The SMILES string of the molecule is [Li][CH](C(=O)OC)C(=O)OC. The summed E-state index contributed by atoms with van der Waals surface area (Å²) in [5.41, 5.74) is 0. The maximum atomic E-state index is 10.6. The zero-order valence-corrected chi connectivity index (χ0v) is 6.21. The zero-order valence-electron chi connectivity index (χ0n) is 6.21. The van der Waals surface area contributed by atoms with E-state index in [4.69, 9.17) is 0 Å². The first-order chi connectivity index (χ1) is 4.63. The van der Waals surface area contributed by atoms with Crippen molar-refractivity contribution in [3.63, 3.8) is 0 Å². The molecule has 0 bridgehead atoms. The van der Waals surface area contributed by atoms with E-state index in [2.05, 4.69) is 9.47 Å². The van der Waals surface area contributed by atoms with Gasteiger partial charge >= 0.3 is 67.5 Å². The Bertz CT molecular complexity index is 129. The van der Waals surface area contributed by atoms with Gasteiger partial charge < -0.3 is 0 Å².